The van der Waals surface area contributed by atoms with E-state index in [2.05, 4.69) is 24.1 Å². The van der Waals surface area contributed by atoms with Gasteiger partial charge in [-0.05, 0) is 57.9 Å². The van der Waals surface area contributed by atoms with Crippen molar-refractivity contribution in [3.63, 3.8) is 0 Å². The minimum Gasteiger partial charge on any atom is -0.460 e. The van der Waals surface area contributed by atoms with Gasteiger partial charge in [0.1, 0.15) is 5.60 Å². The molecule has 3 aliphatic rings. The summed E-state index contributed by atoms with van der Waals surface area (Å²) in [6.07, 6.45) is 5.56. The standard InChI is InChI=1S/C21H36N2O3/c1-20(2,3)26-19(25)17-16(21(17,4)5)12-22-15-10-11-23(13-15)18(24)14-8-6-7-9-14/h14-17,22H,6-13H2,1-5H3. The fourth-order valence-electron chi connectivity index (χ4n) is 4.81. The SMILES string of the molecule is CC(C)(C)OC(=O)C1C(CNC2CCN(C(=O)C3CCCC3)C2)C1(C)C. The fourth-order valence-corrected chi connectivity index (χ4v) is 4.81. The molecule has 1 aliphatic heterocycles. The molecule has 0 spiro atoms. The van der Waals surface area contributed by atoms with E-state index in [0.29, 0.717) is 17.9 Å². The molecule has 148 valence electrons. The van der Waals surface area contributed by atoms with Gasteiger partial charge in [0.05, 0.1) is 5.92 Å². The highest BCUT2D eigenvalue weighted by Crippen LogP contribution is 2.58. The van der Waals surface area contributed by atoms with Crippen molar-refractivity contribution in [2.75, 3.05) is 19.6 Å². The number of likely N-dealkylation sites (tertiary alicyclic amines) is 1. The summed E-state index contributed by atoms with van der Waals surface area (Å²) >= 11 is 0. The van der Waals surface area contributed by atoms with Gasteiger partial charge in [0.25, 0.3) is 0 Å². The van der Waals surface area contributed by atoms with Gasteiger partial charge in [-0.15, -0.1) is 0 Å². The Morgan fingerprint density at radius 2 is 1.81 bits per heavy atom. The molecule has 0 aromatic rings. The Hall–Kier alpha value is -1.10. The number of carbonyl (C=O) groups is 2. The van der Waals surface area contributed by atoms with E-state index in [9.17, 15) is 9.59 Å². The Labute approximate surface area is 158 Å². The molecule has 0 aromatic heterocycles. The van der Waals surface area contributed by atoms with E-state index in [-0.39, 0.29) is 23.2 Å². The van der Waals surface area contributed by atoms with Gasteiger partial charge in [-0.1, -0.05) is 26.7 Å². The van der Waals surface area contributed by atoms with Gasteiger partial charge in [0, 0.05) is 25.0 Å². The number of nitrogens with zero attached hydrogens (tertiary/aromatic N) is 1. The van der Waals surface area contributed by atoms with E-state index < -0.39 is 5.60 Å². The summed E-state index contributed by atoms with van der Waals surface area (Å²) in [6, 6.07) is 0.357. The average Bonchev–Trinajstić information content (AvgIpc) is 3.02. The molecule has 0 radical (unpaired) electrons. The van der Waals surface area contributed by atoms with Crippen LogP contribution in [0.25, 0.3) is 0 Å². The van der Waals surface area contributed by atoms with Crippen molar-refractivity contribution < 1.29 is 14.3 Å². The van der Waals surface area contributed by atoms with E-state index in [0.717, 1.165) is 38.9 Å². The van der Waals surface area contributed by atoms with Crippen LogP contribution in [0.4, 0.5) is 0 Å². The summed E-state index contributed by atoms with van der Waals surface area (Å²) in [6.45, 7) is 12.6. The van der Waals surface area contributed by atoms with Gasteiger partial charge >= 0.3 is 5.97 Å². The Morgan fingerprint density at radius 1 is 1.15 bits per heavy atom. The lowest BCUT2D eigenvalue weighted by molar-refractivity contribution is -0.157. The topological polar surface area (TPSA) is 58.6 Å². The van der Waals surface area contributed by atoms with Crippen molar-refractivity contribution >= 4 is 11.9 Å². The molecule has 1 N–H and O–H groups in total. The molecule has 1 heterocycles. The summed E-state index contributed by atoms with van der Waals surface area (Å²) in [5.74, 6) is 0.861. The molecule has 0 aromatic carbocycles. The highest BCUT2D eigenvalue weighted by atomic mass is 16.6. The Bertz CT molecular complexity index is 546. The fraction of sp³-hybridized carbons (Fsp3) is 0.905. The molecule has 3 rings (SSSR count). The Morgan fingerprint density at radius 3 is 2.42 bits per heavy atom. The maximum absolute atomic E-state index is 12.6. The normalized spacial score (nSPS) is 31.3. The molecule has 3 unspecified atom stereocenters. The molecule has 3 atom stereocenters. The molecule has 0 bridgehead atoms. The molecule has 5 heteroatoms. The first-order valence-electron chi connectivity index (χ1n) is 10.3. The monoisotopic (exact) mass is 364 g/mol. The lowest BCUT2D eigenvalue weighted by atomic mass is 10.1. The lowest BCUT2D eigenvalue weighted by Gasteiger charge is -2.21. The Balaban J connectivity index is 1.45. The zero-order valence-corrected chi connectivity index (χ0v) is 17.1. The van der Waals surface area contributed by atoms with Crippen LogP contribution in [0.1, 0.15) is 66.7 Å². The van der Waals surface area contributed by atoms with Gasteiger partial charge in [-0.25, -0.2) is 0 Å². The van der Waals surface area contributed by atoms with Crippen molar-refractivity contribution in [1.29, 1.82) is 0 Å². The first kappa shape index (κ1) is 19.7. The van der Waals surface area contributed by atoms with Crippen LogP contribution in [0.5, 0.6) is 0 Å². The van der Waals surface area contributed by atoms with E-state index >= 15 is 0 Å². The third kappa shape index (κ3) is 4.24. The predicted molar refractivity (Wildman–Crippen MR) is 102 cm³/mol. The average molecular weight is 365 g/mol. The highest BCUT2D eigenvalue weighted by Gasteiger charge is 2.62. The quantitative estimate of drug-likeness (QED) is 0.762. The molecule has 5 nitrogen and oxygen atoms in total. The molecule has 1 saturated heterocycles. The molecule has 3 fully saturated rings. The van der Waals surface area contributed by atoms with Crippen LogP contribution >= 0.6 is 0 Å². The van der Waals surface area contributed by atoms with Gasteiger partial charge in [-0.2, -0.15) is 0 Å². The third-order valence-corrected chi connectivity index (χ3v) is 6.54. The van der Waals surface area contributed by atoms with E-state index in [1.54, 1.807) is 0 Å². The number of hydrogen-bond donors (Lipinski definition) is 1. The van der Waals surface area contributed by atoms with Gasteiger partial charge in [0.2, 0.25) is 5.91 Å². The summed E-state index contributed by atoms with van der Waals surface area (Å²) in [7, 11) is 0. The van der Waals surface area contributed by atoms with Crippen LogP contribution in [0.3, 0.4) is 0 Å². The van der Waals surface area contributed by atoms with Crippen molar-refractivity contribution in [2.24, 2.45) is 23.2 Å². The zero-order valence-electron chi connectivity index (χ0n) is 17.1. The van der Waals surface area contributed by atoms with Crippen molar-refractivity contribution in [3.8, 4) is 0 Å². The number of nitrogens with one attached hydrogen (secondary N) is 1. The number of hydrogen-bond acceptors (Lipinski definition) is 4. The second-order valence-electron chi connectivity index (χ2n) is 10.1. The summed E-state index contributed by atoms with van der Waals surface area (Å²) in [5, 5.41) is 3.62. The maximum Gasteiger partial charge on any atom is 0.310 e. The van der Waals surface area contributed by atoms with Crippen LogP contribution in [0.15, 0.2) is 0 Å². The first-order chi connectivity index (χ1) is 12.1. The zero-order chi connectivity index (χ0) is 19.1. The number of amides is 1. The molecule has 26 heavy (non-hydrogen) atoms. The molecular weight excluding hydrogens is 328 g/mol. The maximum atomic E-state index is 12.6. The van der Waals surface area contributed by atoms with Crippen molar-refractivity contribution in [1.82, 2.24) is 10.2 Å². The molecule has 2 saturated carbocycles. The second kappa shape index (κ2) is 7.14. The van der Waals surface area contributed by atoms with E-state index in [1.807, 2.05) is 20.8 Å². The third-order valence-electron chi connectivity index (χ3n) is 6.54. The number of rotatable bonds is 5. The smallest absolute Gasteiger partial charge is 0.310 e. The lowest BCUT2D eigenvalue weighted by Crippen LogP contribution is -2.38. The van der Waals surface area contributed by atoms with Crippen molar-refractivity contribution in [3.05, 3.63) is 0 Å². The molecular formula is C21H36N2O3. The largest absolute Gasteiger partial charge is 0.460 e. The van der Waals surface area contributed by atoms with Crippen LogP contribution in [-0.2, 0) is 14.3 Å². The van der Waals surface area contributed by atoms with E-state index in [1.165, 1.54) is 12.8 Å². The van der Waals surface area contributed by atoms with Gasteiger partial charge in [0.15, 0.2) is 0 Å². The minimum atomic E-state index is -0.430. The number of esters is 1. The second-order valence-corrected chi connectivity index (χ2v) is 10.1. The minimum absolute atomic E-state index is 0.00666. The van der Waals surface area contributed by atoms with Crippen LogP contribution in [0, 0.1) is 23.2 Å². The first-order valence-corrected chi connectivity index (χ1v) is 10.3. The van der Waals surface area contributed by atoms with Gasteiger partial charge < -0.3 is 15.0 Å². The highest BCUT2D eigenvalue weighted by molar-refractivity contribution is 5.79. The van der Waals surface area contributed by atoms with Crippen molar-refractivity contribution in [2.45, 2.75) is 78.4 Å². The summed E-state index contributed by atoms with van der Waals surface area (Å²) < 4.78 is 5.59. The molecule has 1 amide bonds. The van der Waals surface area contributed by atoms with Crippen LogP contribution < -0.4 is 5.32 Å². The summed E-state index contributed by atoms with van der Waals surface area (Å²) in [4.78, 5) is 27.0. The van der Waals surface area contributed by atoms with E-state index in [4.69, 9.17) is 4.74 Å². The number of ether oxygens (including phenoxy) is 1. The number of carbonyl (C=O) groups excluding carboxylic acids is 2. The predicted octanol–water partition coefficient (Wildman–Crippen LogP) is 2.98. The van der Waals surface area contributed by atoms with Gasteiger partial charge in [-0.3, -0.25) is 9.59 Å². The Kier molecular flexibility index (Phi) is 5.40. The molecule has 2 aliphatic carbocycles. The van der Waals surface area contributed by atoms with Crippen LogP contribution in [-0.4, -0.2) is 48.1 Å². The summed E-state index contributed by atoms with van der Waals surface area (Å²) in [5.41, 5.74) is -0.437. The van der Waals surface area contributed by atoms with Crippen LogP contribution in [0.2, 0.25) is 0 Å².